The largest absolute Gasteiger partial charge is 0.493 e. The number of amides is 2. The third-order valence-electron chi connectivity index (χ3n) is 10.5. The Balaban J connectivity index is 1.34. The molecule has 1 saturated carbocycles. The van der Waals surface area contributed by atoms with E-state index in [4.69, 9.17) is 33.7 Å². The summed E-state index contributed by atoms with van der Waals surface area (Å²) in [5.41, 5.74) is -1.41. The predicted molar refractivity (Wildman–Crippen MR) is 215 cm³/mol. The van der Waals surface area contributed by atoms with Gasteiger partial charge in [-0.3, -0.25) is 9.59 Å². The lowest BCUT2D eigenvalue weighted by molar-refractivity contribution is -0.145. The topological polar surface area (TPSA) is 191 Å². The highest BCUT2D eigenvalue weighted by atomic mass is 16.6. The number of aliphatic carboxylic acids is 1. The number of carbonyl (C=O) groups is 4. The van der Waals surface area contributed by atoms with Crippen molar-refractivity contribution >= 4 is 46.3 Å². The van der Waals surface area contributed by atoms with Crippen LogP contribution in [0.5, 0.6) is 17.4 Å². The summed E-state index contributed by atoms with van der Waals surface area (Å²) in [6.07, 6.45) is 0.999. The molecular formula is C42H54N6O10. The van der Waals surface area contributed by atoms with Crippen molar-refractivity contribution < 1.29 is 48.0 Å². The summed E-state index contributed by atoms with van der Waals surface area (Å²) in [6.45, 7) is 16.9. The maximum Gasteiger partial charge on any atom is 0.338 e. The van der Waals surface area contributed by atoms with Gasteiger partial charge in [-0.2, -0.15) is 4.98 Å². The van der Waals surface area contributed by atoms with Crippen molar-refractivity contribution in [3.05, 3.63) is 54.6 Å². The van der Waals surface area contributed by atoms with Crippen molar-refractivity contribution in [3.8, 4) is 17.4 Å². The second-order valence-electron chi connectivity index (χ2n) is 17.0. The first kappa shape index (κ1) is 42.0. The van der Waals surface area contributed by atoms with E-state index in [2.05, 4.69) is 17.2 Å². The standard InChI is InChI=1S/C42H54N6O10/c1-10-25-22-42(25,38(52)53)46-34(49)30-19-27(57-35-28-20-31(54-8)32(55-9)21-29(28)44-39(45-35)47-15-17-56-18-16-47)23-48(30)36(50)33(40(2,3)4)43-26-13-11-24(12-14-26)37(51)58-41(5,6)7/h10-14,20-21,25,27,30,33,43H,1,15-19,22-23H2,2-9H3,(H,46,49)(H,52,53)/t25-,27+,30-,33+,42?/m0/s1. The van der Waals surface area contributed by atoms with Crippen LogP contribution in [-0.4, -0.2) is 120 Å². The number of methoxy groups -OCH3 is 2. The SMILES string of the molecule is C=C[C@H]1CC1(NC(=O)[C@@H]1C[C@@H](Oc2nc(N3CCOCC3)nc3cc(OC)c(OC)cc23)CN1C(=O)[C@@H](Nc1ccc(C(=O)OC(C)(C)C)cc1)C(C)(C)C)C(=O)O. The van der Waals surface area contributed by atoms with Crippen molar-refractivity contribution in [2.45, 2.75) is 83.7 Å². The van der Waals surface area contributed by atoms with E-state index < -0.39 is 64.4 Å². The first-order valence-corrected chi connectivity index (χ1v) is 19.4. The molecule has 312 valence electrons. The number of carbonyl (C=O) groups excluding carboxylic acids is 3. The summed E-state index contributed by atoms with van der Waals surface area (Å²) in [5, 5.41) is 16.8. The third-order valence-corrected chi connectivity index (χ3v) is 10.5. The number of rotatable bonds is 13. The van der Waals surface area contributed by atoms with Gasteiger partial charge in [-0.25, -0.2) is 14.6 Å². The minimum Gasteiger partial charge on any atom is -0.493 e. The van der Waals surface area contributed by atoms with Crippen LogP contribution in [0.15, 0.2) is 49.1 Å². The second kappa shape index (κ2) is 16.3. The molecule has 2 aromatic carbocycles. The van der Waals surface area contributed by atoms with Crippen LogP contribution in [0.3, 0.4) is 0 Å². The van der Waals surface area contributed by atoms with E-state index in [0.29, 0.717) is 65.9 Å². The van der Waals surface area contributed by atoms with E-state index in [0.717, 1.165) is 0 Å². The lowest BCUT2D eigenvalue weighted by atomic mass is 9.85. The number of ether oxygens (including phenoxy) is 5. The Morgan fingerprint density at radius 2 is 1.66 bits per heavy atom. The predicted octanol–water partition coefficient (Wildman–Crippen LogP) is 4.46. The van der Waals surface area contributed by atoms with E-state index in [1.54, 1.807) is 57.2 Å². The first-order chi connectivity index (χ1) is 27.4. The Hall–Kier alpha value is -5.64. The summed E-state index contributed by atoms with van der Waals surface area (Å²) in [5.74, 6) is -1.59. The van der Waals surface area contributed by atoms with E-state index in [1.807, 2.05) is 25.7 Å². The summed E-state index contributed by atoms with van der Waals surface area (Å²) in [6, 6.07) is 8.13. The van der Waals surface area contributed by atoms with Crippen LogP contribution in [0, 0.1) is 11.3 Å². The average molecular weight is 803 g/mol. The molecule has 2 amide bonds. The number of benzene rings is 2. The molecule has 3 N–H and O–H groups in total. The highest BCUT2D eigenvalue weighted by Gasteiger charge is 2.61. The summed E-state index contributed by atoms with van der Waals surface area (Å²) in [7, 11) is 3.05. The molecule has 16 nitrogen and oxygen atoms in total. The number of carboxylic acid groups (broad SMARTS) is 1. The smallest absolute Gasteiger partial charge is 0.338 e. The van der Waals surface area contributed by atoms with Gasteiger partial charge < -0.3 is 49.2 Å². The number of aromatic nitrogens is 2. The van der Waals surface area contributed by atoms with Gasteiger partial charge in [-0.1, -0.05) is 26.8 Å². The van der Waals surface area contributed by atoms with Gasteiger partial charge in [-0.15, -0.1) is 6.58 Å². The quantitative estimate of drug-likeness (QED) is 0.162. The van der Waals surface area contributed by atoms with Crippen LogP contribution in [0.1, 0.15) is 64.7 Å². The monoisotopic (exact) mass is 802 g/mol. The van der Waals surface area contributed by atoms with Crippen LogP contribution in [0.2, 0.25) is 0 Å². The molecule has 3 aliphatic rings. The number of likely N-dealkylation sites (tertiary alicyclic amines) is 1. The van der Waals surface area contributed by atoms with Gasteiger partial charge in [0.25, 0.3) is 0 Å². The average Bonchev–Trinajstić information content (AvgIpc) is 3.74. The molecule has 3 aromatic rings. The van der Waals surface area contributed by atoms with E-state index in [1.165, 1.54) is 25.2 Å². The fourth-order valence-corrected chi connectivity index (χ4v) is 7.28. The fraction of sp³-hybridized carbons (Fsp3) is 0.524. The number of carboxylic acids is 1. The lowest BCUT2D eigenvalue weighted by Gasteiger charge is -2.36. The maximum absolute atomic E-state index is 14.9. The van der Waals surface area contributed by atoms with Crippen LogP contribution < -0.4 is 29.7 Å². The molecule has 0 bridgehead atoms. The molecular weight excluding hydrogens is 748 g/mol. The van der Waals surface area contributed by atoms with Gasteiger partial charge in [0.15, 0.2) is 11.5 Å². The lowest BCUT2D eigenvalue weighted by Crippen LogP contribution is -2.56. The molecule has 0 radical (unpaired) electrons. The zero-order valence-corrected chi connectivity index (χ0v) is 34.4. The Morgan fingerprint density at radius 1 is 1.00 bits per heavy atom. The van der Waals surface area contributed by atoms with Gasteiger partial charge in [-0.05, 0) is 62.9 Å². The van der Waals surface area contributed by atoms with Crippen LogP contribution >= 0.6 is 0 Å². The Labute approximate surface area is 338 Å². The van der Waals surface area contributed by atoms with E-state index >= 15 is 0 Å². The van der Waals surface area contributed by atoms with Crippen molar-refractivity contribution in [2.75, 3.05) is 57.3 Å². The molecule has 2 saturated heterocycles. The fourth-order valence-electron chi connectivity index (χ4n) is 7.28. The van der Waals surface area contributed by atoms with Crippen molar-refractivity contribution in [3.63, 3.8) is 0 Å². The van der Waals surface area contributed by atoms with Crippen molar-refractivity contribution in [2.24, 2.45) is 11.3 Å². The zero-order chi connectivity index (χ0) is 42.2. The molecule has 5 atom stereocenters. The number of hydrogen-bond acceptors (Lipinski definition) is 13. The van der Waals surface area contributed by atoms with Gasteiger partial charge in [0, 0.05) is 37.2 Å². The molecule has 1 aromatic heterocycles. The number of anilines is 2. The first-order valence-electron chi connectivity index (χ1n) is 19.4. The van der Waals surface area contributed by atoms with Crippen LogP contribution in [0.25, 0.3) is 10.9 Å². The summed E-state index contributed by atoms with van der Waals surface area (Å²) < 4.78 is 28.9. The molecule has 3 heterocycles. The summed E-state index contributed by atoms with van der Waals surface area (Å²) in [4.78, 5) is 67.3. The Morgan fingerprint density at radius 3 is 2.22 bits per heavy atom. The number of morpholine rings is 1. The molecule has 2 aliphatic heterocycles. The highest BCUT2D eigenvalue weighted by Crippen LogP contribution is 2.45. The Kier molecular flexibility index (Phi) is 11.8. The Bertz CT molecular complexity index is 2060. The van der Waals surface area contributed by atoms with Crippen LogP contribution in [-0.2, 0) is 23.9 Å². The third kappa shape index (κ3) is 8.91. The molecule has 1 unspecified atom stereocenters. The number of hydrogen-bond donors (Lipinski definition) is 3. The second-order valence-corrected chi connectivity index (χ2v) is 17.0. The van der Waals surface area contributed by atoms with Gasteiger partial charge >= 0.3 is 11.9 Å². The van der Waals surface area contributed by atoms with E-state index in [9.17, 15) is 24.3 Å². The van der Waals surface area contributed by atoms with Crippen molar-refractivity contribution in [1.82, 2.24) is 20.2 Å². The van der Waals surface area contributed by atoms with Gasteiger partial charge in [0.05, 0.1) is 50.4 Å². The van der Waals surface area contributed by atoms with Crippen molar-refractivity contribution in [1.29, 1.82) is 0 Å². The molecule has 16 heteroatoms. The highest BCUT2D eigenvalue weighted by molar-refractivity contribution is 5.96. The van der Waals surface area contributed by atoms with Crippen LogP contribution in [0.4, 0.5) is 11.6 Å². The molecule has 3 fully saturated rings. The van der Waals surface area contributed by atoms with E-state index in [-0.39, 0.29) is 25.3 Å². The molecule has 0 spiro atoms. The minimum absolute atomic E-state index is 0.0145. The number of fused-ring (bicyclic) bond motifs is 1. The molecule has 6 rings (SSSR count). The normalized spacial score (nSPS) is 22.4. The maximum atomic E-state index is 14.9. The zero-order valence-electron chi connectivity index (χ0n) is 34.4. The summed E-state index contributed by atoms with van der Waals surface area (Å²) >= 11 is 0. The number of nitrogens with one attached hydrogen (secondary N) is 2. The number of nitrogens with zero attached hydrogens (tertiary/aromatic N) is 4. The van der Waals surface area contributed by atoms with Gasteiger partial charge in [0.2, 0.25) is 23.6 Å². The van der Waals surface area contributed by atoms with Gasteiger partial charge in [0.1, 0.15) is 29.3 Å². The number of esters is 1. The molecule has 1 aliphatic carbocycles. The minimum atomic E-state index is -1.52. The molecule has 58 heavy (non-hydrogen) atoms.